The van der Waals surface area contributed by atoms with E-state index in [1.165, 1.54) is 17.7 Å². The van der Waals surface area contributed by atoms with Crippen LogP contribution in [0.4, 0.5) is 0 Å². The highest BCUT2D eigenvalue weighted by Crippen LogP contribution is 2.17. The Morgan fingerprint density at radius 2 is 2.00 bits per heavy atom. The van der Waals surface area contributed by atoms with Gasteiger partial charge >= 0.3 is 0 Å². The molecular formula is C11H15BrOS. The van der Waals surface area contributed by atoms with E-state index in [0.717, 1.165) is 16.8 Å². The van der Waals surface area contributed by atoms with E-state index in [0.29, 0.717) is 0 Å². The van der Waals surface area contributed by atoms with Gasteiger partial charge in [0, 0.05) is 11.1 Å². The van der Waals surface area contributed by atoms with Gasteiger partial charge in [0.05, 0.1) is 7.11 Å². The van der Waals surface area contributed by atoms with E-state index in [1.54, 1.807) is 7.11 Å². The van der Waals surface area contributed by atoms with Gasteiger partial charge in [0.2, 0.25) is 0 Å². The maximum atomic E-state index is 5.10. The average Bonchev–Trinajstić information content (AvgIpc) is 2.25. The van der Waals surface area contributed by atoms with E-state index in [4.69, 9.17) is 4.74 Å². The Morgan fingerprint density at radius 1 is 1.29 bits per heavy atom. The summed E-state index contributed by atoms with van der Waals surface area (Å²) in [5.74, 6) is 3.24. The maximum Gasteiger partial charge on any atom is 0.118 e. The van der Waals surface area contributed by atoms with Crippen molar-refractivity contribution in [2.75, 3.05) is 18.2 Å². The van der Waals surface area contributed by atoms with Crippen LogP contribution in [-0.4, -0.2) is 18.2 Å². The second-order valence-corrected chi connectivity index (χ2v) is 4.84. The molecule has 0 N–H and O–H groups in total. The monoisotopic (exact) mass is 274 g/mol. The predicted molar refractivity (Wildman–Crippen MR) is 67.6 cm³/mol. The summed E-state index contributed by atoms with van der Waals surface area (Å²) in [6.07, 6.45) is 1.24. The normalized spacial score (nSPS) is 10.1. The first-order valence-corrected chi connectivity index (χ1v) is 6.91. The molecule has 78 valence electrons. The number of benzene rings is 1. The molecule has 0 fully saturated rings. The first-order chi connectivity index (χ1) is 6.86. The third-order valence-corrected chi connectivity index (χ3v) is 3.53. The number of hydrogen-bond donors (Lipinski definition) is 0. The van der Waals surface area contributed by atoms with Crippen LogP contribution in [0.1, 0.15) is 12.0 Å². The molecule has 14 heavy (non-hydrogen) atoms. The van der Waals surface area contributed by atoms with Crippen LogP contribution in [0.15, 0.2) is 24.3 Å². The predicted octanol–water partition coefficient (Wildman–Crippen LogP) is 3.71. The van der Waals surface area contributed by atoms with E-state index in [-0.39, 0.29) is 0 Å². The molecule has 0 aromatic heterocycles. The molecule has 0 saturated carbocycles. The SMILES string of the molecule is COc1ccc(CSCCCBr)cc1. The molecule has 0 aliphatic rings. The molecule has 0 unspecified atom stereocenters. The number of hydrogen-bond acceptors (Lipinski definition) is 2. The fourth-order valence-electron chi connectivity index (χ4n) is 1.07. The lowest BCUT2D eigenvalue weighted by molar-refractivity contribution is 0.414. The maximum absolute atomic E-state index is 5.10. The van der Waals surface area contributed by atoms with Crippen molar-refractivity contribution < 1.29 is 4.74 Å². The van der Waals surface area contributed by atoms with Gasteiger partial charge in [-0.3, -0.25) is 0 Å². The summed E-state index contributed by atoms with van der Waals surface area (Å²) >= 11 is 5.40. The summed E-state index contributed by atoms with van der Waals surface area (Å²) in [5.41, 5.74) is 1.37. The Labute approximate surface area is 98.4 Å². The van der Waals surface area contributed by atoms with Crippen molar-refractivity contribution in [3.05, 3.63) is 29.8 Å². The number of alkyl halides is 1. The number of halogens is 1. The van der Waals surface area contributed by atoms with Crippen molar-refractivity contribution in [1.29, 1.82) is 0 Å². The first-order valence-electron chi connectivity index (χ1n) is 4.63. The first kappa shape index (κ1) is 11.9. The zero-order chi connectivity index (χ0) is 10.2. The third-order valence-electron chi connectivity index (χ3n) is 1.85. The lowest BCUT2D eigenvalue weighted by Crippen LogP contribution is -1.86. The van der Waals surface area contributed by atoms with Gasteiger partial charge in [-0.2, -0.15) is 11.8 Å². The zero-order valence-corrected chi connectivity index (χ0v) is 10.7. The fourth-order valence-corrected chi connectivity index (χ4v) is 2.64. The van der Waals surface area contributed by atoms with Crippen LogP contribution in [0, 0.1) is 0 Å². The van der Waals surface area contributed by atoms with Gasteiger partial charge in [-0.05, 0) is 29.9 Å². The molecule has 0 heterocycles. The minimum atomic E-state index is 0.930. The van der Waals surface area contributed by atoms with Crippen LogP contribution < -0.4 is 4.74 Å². The quantitative estimate of drug-likeness (QED) is 0.578. The summed E-state index contributed by atoms with van der Waals surface area (Å²) in [7, 11) is 1.69. The Balaban J connectivity index is 2.29. The molecule has 0 aliphatic heterocycles. The molecule has 1 aromatic rings. The summed E-state index contributed by atoms with van der Waals surface area (Å²) in [5, 5.41) is 1.10. The smallest absolute Gasteiger partial charge is 0.118 e. The van der Waals surface area contributed by atoms with Gasteiger partial charge in [0.1, 0.15) is 5.75 Å². The van der Waals surface area contributed by atoms with Gasteiger partial charge in [-0.25, -0.2) is 0 Å². The highest BCUT2D eigenvalue weighted by atomic mass is 79.9. The van der Waals surface area contributed by atoms with Crippen molar-refractivity contribution in [3.63, 3.8) is 0 Å². The van der Waals surface area contributed by atoms with Gasteiger partial charge in [-0.1, -0.05) is 28.1 Å². The van der Waals surface area contributed by atoms with Crippen molar-refractivity contribution in [2.24, 2.45) is 0 Å². The molecule has 0 bridgehead atoms. The van der Waals surface area contributed by atoms with Crippen LogP contribution in [-0.2, 0) is 5.75 Å². The third kappa shape index (κ3) is 4.38. The standard InChI is InChI=1S/C11H15BrOS/c1-13-11-5-3-10(4-6-11)9-14-8-2-7-12/h3-6H,2,7-9H2,1H3. The van der Waals surface area contributed by atoms with Gasteiger partial charge < -0.3 is 4.74 Å². The largest absolute Gasteiger partial charge is 0.497 e. The number of rotatable bonds is 6. The number of ether oxygens (including phenoxy) is 1. The van der Waals surface area contributed by atoms with Crippen LogP contribution in [0.25, 0.3) is 0 Å². The molecule has 0 spiro atoms. The van der Waals surface area contributed by atoms with E-state index < -0.39 is 0 Å². The summed E-state index contributed by atoms with van der Waals surface area (Å²) in [4.78, 5) is 0. The molecule has 1 nitrogen and oxygen atoms in total. The molecule has 0 saturated heterocycles. The van der Waals surface area contributed by atoms with Crippen LogP contribution in [0.3, 0.4) is 0 Å². The summed E-state index contributed by atoms with van der Waals surface area (Å²) in [6.45, 7) is 0. The minimum Gasteiger partial charge on any atom is -0.497 e. The van der Waals surface area contributed by atoms with Crippen molar-refractivity contribution in [3.8, 4) is 5.75 Å². The molecule has 3 heteroatoms. The average molecular weight is 275 g/mol. The topological polar surface area (TPSA) is 9.23 Å². The van der Waals surface area contributed by atoms with Crippen LogP contribution in [0.2, 0.25) is 0 Å². The Morgan fingerprint density at radius 3 is 2.57 bits per heavy atom. The highest BCUT2D eigenvalue weighted by molar-refractivity contribution is 9.09. The Bertz CT molecular complexity index is 248. The molecule has 0 radical (unpaired) electrons. The minimum absolute atomic E-state index is 0.930. The molecule has 0 amide bonds. The number of thioether (sulfide) groups is 1. The molecule has 0 atom stereocenters. The van der Waals surface area contributed by atoms with Crippen LogP contribution >= 0.6 is 27.7 Å². The zero-order valence-electron chi connectivity index (χ0n) is 8.33. The molecular weight excluding hydrogens is 260 g/mol. The second kappa shape index (κ2) is 7.18. The summed E-state index contributed by atoms with van der Waals surface area (Å²) in [6, 6.07) is 8.28. The molecule has 1 rings (SSSR count). The van der Waals surface area contributed by atoms with E-state index in [1.807, 2.05) is 23.9 Å². The van der Waals surface area contributed by atoms with Crippen molar-refractivity contribution in [1.82, 2.24) is 0 Å². The highest BCUT2D eigenvalue weighted by Gasteiger charge is 1.94. The van der Waals surface area contributed by atoms with E-state index in [2.05, 4.69) is 28.1 Å². The van der Waals surface area contributed by atoms with Crippen LogP contribution in [0.5, 0.6) is 5.75 Å². The lowest BCUT2D eigenvalue weighted by Gasteiger charge is -2.02. The molecule has 0 aliphatic carbocycles. The van der Waals surface area contributed by atoms with E-state index in [9.17, 15) is 0 Å². The van der Waals surface area contributed by atoms with Gasteiger partial charge in [-0.15, -0.1) is 0 Å². The van der Waals surface area contributed by atoms with Gasteiger partial charge in [0.25, 0.3) is 0 Å². The van der Waals surface area contributed by atoms with Crippen molar-refractivity contribution in [2.45, 2.75) is 12.2 Å². The lowest BCUT2D eigenvalue weighted by atomic mass is 10.2. The van der Waals surface area contributed by atoms with E-state index >= 15 is 0 Å². The van der Waals surface area contributed by atoms with Crippen molar-refractivity contribution >= 4 is 27.7 Å². The summed E-state index contributed by atoms with van der Waals surface area (Å²) < 4.78 is 5.10. The fraction of sp³-hybridized carbons (Fsp3) is 0.455. The Kier molecular flexibility index (Phi) is 6.12. The molecule has 1 aromatic carbocycles. The van der Waals surface area contributed by atoms with Gasteiger partial charge in [0.15, 0.2) is 0 Å². The second-order valence-electron chi connectivity index (χ2n) is 2.94. The number of methoxy groups -OCH3 is 1. The Hall–Kier alpha value is -0.150.